The van der Waals surface area contributed by atoms with Crippen molar-refractivity contribution >= 4 is 21.7 Å². The molecule has 0 unspecified atom stereocenters. The van der Waals surface area contributed by atoms with Crippen molar-refractivity contribution in [1.82, 2.24) is 5.32 Å². The fraction of sp³-hybridized carbons (Fsp3) is 0.565. The van der Waals surface area contributed by atoms with E-state index in [4.69, 9.17) is 16.2 Å². The maximum Gasteiger partial charge on any atom is 0.413 e. The molecule has 1 amide bonds. The second-order valence-electron chi connectivity index (χ2n) is 9.37. The average molecular weight is 448 g/mol. The summed E-state index contributed by atoms with van der Waals surface area (Å²) in [5.41, 5.74) is -1.20. The molecule has 1 aliphatic carbocycles. The lowest BCUT2D eigenvalue weighted by Crippen LogP contribution is -2.59. The van der Waals surface area contributed by atoms with E-state index in [1.54, 1.807) is 33.8 Å². The number of carbonyl (C=O) groups excluding carboxylic acids is 1. The van der Waals surface area contributed by atoms with Crippen molar-refractivity contribution in [2.75, 3.05) is 12.8 Å². The number of terminal acetylenes is 1. The Morgan fingerprint density at radius 1 is 1.35 bits per heavy atom. The van der Waals surface area contributed by atoms with Crippen LogP contribution in [-0.2, 0) is 20.0 Å². The van der Waals surface area contributed by atoms with Crippen LogP contribution < -0.4 is 5.32 Å². The lowest BCUT2D eigenvalue weighted by molar-refractivity contribution is 0.0560. The van der Waals surface area contributed by atoms with E-state index in [1.165, 1.54) is 19.2 Å². The lowest BCUT2D eigenvalue weighted by atomic mass is 9.91. The summed E-state index contributed by atoms with van der Waals surface area (Å²) in [4.78, 5) is 17.5. The normalized spacial score (nSPS) is 27.3. The van der Waals surface area contributed by atoms with Crippen LogP contribution in [0.25, 0.3) is 0 Å². The number of aliphatic imine (C=N–C) groups is 1. The summed E-state index contributed by atoms with van der Waals surface area (Å²) in [6, 6.07) is 4.34. The molecule has 31 heavy (non-hydrogen) atoms. The molecule has 2 atom stereocenters. The van der Waals surface area contributed by atoms with Gasteiger partial charge >= 0.3 is 6.09 Å². The van der Waals surface area contributed by atoms with Gasteiger partial charge in [0.1, 0.15) is 27.5 Å². The smallest absolute Gasteiger partial charge is 0.413 e. The summed E-state index contributed by atoms with van der Waals surface area (Å²) in [6.45, 7) is 6.98. The van der Waals surface area contributed by atoms with Crippen molar-refractivity contribution in [2.45, 2.75) is 69.3 Å². The summed E-state index contributed by atoms with van der Waals surface area (Å²) in [7, 11) is -1.37. The van der Waals surface area contributed by atoms with Gasteiger partial charge in [0, 0.05) is 18.2 Å². The number of carbonyl (C=O) groups is 1. The van der Waals surface area contributed by atoms with Crippen molar-refractivity contribution in [3.05, 3.63) is 35.1 Å². The number of hydrogen-bond acceptors (Lipinski definition) is 5. The standard InChI is InChI=1S/C23H30FN3O3S/c1-7-16-10-11-18(24)17(14-16)22(5)15-31(29,25-6)23(12-8-9-13-23)19(27-22)26-20(28)30-21(2,3)4/h1,10-11,14H,8-9,12-13,15H2,2-6H3,(H,26,27,28)/t22-,31+/m0/s1. The molecule has 0 aromatic heterocycles. The average Bonchev–Trinajstić information content (AvgIpc) is 3.16. The highest BCUT2D eigenvalue weighted by molar-refractivity contribution is 7.95. The van der Waals surface area contributed by atoms with Crippen molar-refractivity contribution in [1.29, 1.82) is 0 Å². The second-order valence-corrected chi connectivity index (χ2v) is 12.1. The highest BCUT2D eigenvalue weighted by Crippen LogP contribution is 2.47. The van der Waals surface area contributed by atoms with E-state index >= 15 is 0 Å². The molecule has 1 N–H and O–H groups in total. The minimum Gasteiger partial charge on any atom is -0.444 e. The van der Waals surface area contributed by atoms with E-state index in [9.17, 15) is 13.4 Å². The molecule has 6 nitrogen and oxygen atoms in total. The van der Waals surface area contributed by atoms with E-state index in [1.807, 2.05) is 0 Å². The Labute approximate surface area is 184 Å². The van der Waals surface area contributed by atoms with Crippen LogP contribution >= 0.6 is 0 Å². The molecule has 0 saturated heterocycles. The molecule has 0 radical (unpaired) electrons. The molecule has 1 saturated carbocycles. The Morgan fingerprint density at radius 3 is 2.55 bits per heavy atom. The van der Waals surface area contributed by atoms with Gasteiger partial charge in [-0.05, 0) is 58.7 Å². The number of rotatable bonds is 1. The zero-order valence-electron chi connectivity index (χ0n) is 18.8. The topological polar surface area (TPSA) is 80.1 Å². The third-order valence-corrected chi connectivity index (χ3v) is 9.28. The highest BCUT2D eigenvalue weighted by Gasteiger charge is 2.55. The van der Waals surface area contributed by atoms with Gasteiger partial charge in [0.15, 0.2) is 0 Å². The molecule has 1 aromatic carbocycles. The third-order valence-electron chi connectivity index (χ3n) is 5.92. The Bertz CT molecular complexity index is 1080. The van der Waals surface area contributed by atoms with Crippen molar-refractivity contribution < 1.29 is 18.1 Å². The Hall–Kier alpha value is -2.40. The quantitative estimate of drug-likeness (QED) is 0.649. The van der Waals surface area contributed by atoms with E-state index < -0.39 is 37.5 Å². The molecule has 1 aromatic rings. The largest absolute Gasteiger partial charge is 0.444 e. The second kappa shape index (κ2) is 7.94. The van der Waals surface area contributed by atoms with Crippen LogP contribution in [-0.4, -0.2) is 39.3 Å². The molecule has 1 fully saturated rings. The summed E-state index contributed by atoms with van der Waals surface area (Å²) in [6.07, 6.45) is 7.69. The van der Waals surface area contributed by atoms with Crippen LogP contribution in [0.2, 0.25) is 0 Å². The van der Waals surface area contributed by atoms with Gasteiger partial charge in [-0.25, -0.2) is 17.8 Å². The van der Waals surface area contributed by atoms with E-state index in [0.717, 1.165) is 12.8 Å². The van der Waals surface area contributed by atoms with Crippen LogP contribution in [0.15, 0.2) is 27.6 Å². The number of halogens is 1. The van der Waals surface area contributed by atoms with Gasteiger partial charge in [-0.3, -0.25) is 10.3 Å². The molecule has 8 heteroatoms. The first-order valence-corrected chi connectivity index (χ1v) is 12.1. The molecule has 3 rings (SSSR count). The van der Waals surface area contributed by atoms with E-state index in [-0.39, 0.29) is 17.2 Å². The summed E-state index contributed by atoms with van der Waals surface area (Å²) < 4.78 is 38.0. The first-order valence-electron chi connectivity index (χ1n) is 10.4. The number of hydrogen-bond donors (Lipinski definition) is 1. The molecule has 1 heterocycles. The minimum atomic E-state index is -2.89. The maximum absolute atomic E-state index is 14.9. The van der Waals surface area contributed by atoms with Gasteiger partial charge < -0.3 is 4.74 Å². The fourth-order valence-electron chi connectivity index (χ4n) is 4.50. The van der Waals surface area contributed by atoms with Gasteiger partial charge in [0.25, 0.3) is 0 Å². The van der Waals surface area contributed by atoms with Crippen molar-refractivity contribution in [2.24, 2.45) is 9.36 Å². The lowest BCUT2D eigenvalue weighted by Gasteiger charge is -2.43. The van der Waals surface area contributed by atoms with Crippen LogP contribution in [0.1, 0.15) is 64.5 Å². The van der Waals surface area contributed by atoms with Gasteiger partial charge in [-0.1, -0.05) is 18.8 Å². The third kappa shape index (κ3) is 4.20. The molecule has 1 spiro atoms. The van der Waals surface area contributed by atoms with Gasteiger partial charge in [-0.15, -0.1) is 6.42 Å². The monoisotopic (exact) mass is 447 g/mol. The number of amides is 1. The summed E-state index contributed by atoms with van der Waals surface area (Å²) in [5, 5.41) is 2.76. The van der Waals surface area contributed by atoms with Crippen LogP contribution in [0, 0.1) is 18.2 Å². The number of ether oxygens (including phenoxy) is 1. The van der Waals surface area contributed by atoms with Gasteiger partial charge in [-0.2, -0.15) is 0 Å². The molecule has 1 aliphatic heterocycles. The predicted molar refractivity (Wildman–Crippen MR) is 121 cm³/mol. The Kier molecular flexibility index (Phi) is 5.96. The number of nitrogens with zero attached hydrogens (tertiary/aromatic N) is 2. The number of alkyl carbamates (subject to hydrolysis) is 1. The molecule has 168 valence electrons. The zero-order valence-corrected chi connectivity index (χ0v) is 19.6. The molecular formula is C23H30FN3O3S. The molecule has 0 bridgehead atoms. The fourth-order valence-corrected chi connectivity index (χ4v) is 7.56. The van der Waals surface area contributed by atoms with Gasteiger partial charge in [0.05, 0.1) is 15.5 Å². The maximum atomic E-state index is 14.9. The van der Waals surface area contributed by atoms with Crippen LogP contribution in [0.4, 0.5) is 9.18 Å². The van der Waals surface area contributed by atoms with E-state index in [2.05, 4.69) is 15.6 Å². The summed E-state index contributed by atoms with van der Waals surface area (Å²) >= 11 is 0. The highest BCUT2D eigenvalue weighted by atomic mass is 32.2. The first-order chi connectivity index (χ1) is 14.4. The molecular weight excluding hydrogens is 417 g/mol. The number of nitrogens with one attached hydrogen (secondary N) is 1. The predicted octanol–water partition coefficient (Wildman–Crippen LogP) is 4.37. The number of benzene rings is 1. The zero-order chi connectivity index (χ0) is 23.1. The Morgan fingerprint density at radius 2 is 2.00 bits per heavy atom. The van der Waals surface area contributed by atoms with Gasteiger partial charge in [0.2, 0.25) is 0 Å². The van der Waals surface area contributed by atoms with Crippen LogP contribution in [0.3, 0.4) is 0 Å². The number of amidine groups is 1. The SMILES string of the molecule is C#Cc1ccc(F)c([C@]2(C)C[S@](=O)(=NC)C3(CCCC3)C(NC(=O)OC(C)(C)C)=N2)c1. The molecule has 2 aliphatic rings. The van der Waals surface area contributed by atoms with Crippen molar-refractivity contribution in [3.8, 4) is 12.3 Å². The first kappa shape index (κ1) is 23.3. The van der Waals surface area contributed by atoms with E-state index in [0.29, 0.717) is 18.4 Å². The Balaban J connectivity index is 2.20. The summed E-state index contributed by atoms with van der Waals surface area (Å²) in [5.74, 6) is 2.31. The minimum absolute atomic E-state index is 0.0426. The van der Waals surface area contributed by atoms with Crippen molar-refractivity contribution in [3.63, 3.8) is 0 Å². The van der Waals surface area contributed by atoms with Crippen LogP contribution in [0.5, 0.6) is 0 Å².